The fourth-order valence-electron chi connectivity index (χ4n) is 4.73. The smallest absolute Gasteiger partial charge is 0.344 e. The van der Waals surface area contributed by atoms with Crippen LogP contribution >= 0.6 is 0 Å². The molecule has 0 atom stereocenters. The minimum absolute atomic E-state index is 0.189. The molecular formula is C25H28O3. The van der Waals surface area contributed by atoms with Gasteiger partial charge in [-0.3, -0.25) is 0 Å². The van der Waals surface area contributed by atoms with Crippen LogP contribution in [0.5, 0.6) is 5.75 Å². The molecule has 1 aliphatic rings. The summed E-state index contributed by atoms with van der Waals surface area (Å²) in [6, 6.07) is 15.8. The van der Waals surface area contributed by atoms with Crippen LogP contribution in [0.4, 0.5) is 0 Å². The lowest BCUT2D eigenvalue weighted by molar-refractivity contribution is 0.383. The van der Waals surface area contributed by atoms with Gasteiger partial charge in [-0.25, -0.2) is 4.79 Å². The van der Waals surface area contributed by atoms with Gasteiger partial charge in [0.25, 0.3) is 0 Å². The Morgan fingerprint density at radius 3 is 2.50 bits per heavy atom. The molecule has 28 heavy (non-hydrogen) atoms. The van der Waals surface area contributed by atoms with Crippen molar-refractivity contribution in [3.8, 4) is 16.9 Å². The summed E-state index contributed by atoms with van der Waals surface area (Å²) in [5.74, 6) is 0.788. The Hall–Kier alpha value is -2.55. The molecule has 0 bridgehead atoms. The predicted molar refractivity (Wildman–Crippen MR) is 114 cm³/mol. The van der Waals surface area contributed by atoms with Crippen LogP contribution in [0, 0.1) is 0 Å². The summed E-state index contributed by atoms with van der Waals surface area (Å²) in [5, 5.41) is 0.855. The summed E-state index contributed by atoms with van der Waals surface area (Å²) >= 11 is 0. The molecule has 0 N–H and O–H groups in total. The molecule has 146 valence electrons. The number of ether oxygens (including phenoxy) is 1. The van der Waals surface area contributed by atoms with Crippen molar-refractivity contribution in [2.45, 2.75) is 57.3 Å². The van der Waals surface area contributed by atoms with E-state index in [2.05, 4.69) is 19.1 Å². The summed E-state index contributed by atoms with van der Waals surface area (Å²) in [5.41, 5.74) is 3.21. The van der Waals surface area contributed by atoms with E-state index in [4.69, 9.17) is 9.15 Å². The second-order valence-electron chi connectivity index (χ2n) is 7.99. The third-order valence-corrected chi connectivity index (χ3v) is 6.30. The van der Waals surface area contributed by atoms with Gasteiger partial charge in [0.05, 0.1) is 18.1 Å². The molecule has 0 amide bonds. The molecule has 1 heterocycles. The van der Waals surface area contributed by atoms with E-state index in [1.807, 2.05) is 36.4 Å². The number of unbranched alkanes of at least 4 members (excludes halogenated alkanes) is 1. The minimum atomic E-state index is -0.299. The van der Waals surface area contributed by atoms with Gasteiger partial charge in [-0.1, -0.05) is 62.9 Å². The minimum Gasteiger partial charge on any atom is -0.496 e. The lowest BCUT2D eigenvalue weighted by Gasteiger charge is -2.30. The molecule has 3 nitrogen and oxygen atoms in total. The molecule has 1 fully saturated rings. The Bertz CT molecular complexity index is 1010. The lowest BCUT2D eigenvalue weighted by atomic mass is 9.74. The maximum atomic E-state index is 12.7. The molecule has 3 aromatic rings. The highest BCUT2D eigenvalue weighted by Crippen LogP contribution is 2.47. The SMILES string of the molecule is CCCCC1(c2cc(OC)c3cc(-c4ccccc4)c(=O)oc3c2)CCCC1. The average Bonchev–Trinajstić information content (AvgIpc) is 3.21. The van der Waals surface area contributed by atoms with E-state index in [-0.39, 0.29) is 11.0 Å². The van der Waals surface area contributed by atoms with Crippen molar-refractivity contribution in [2.24, 2.45) is 0 Å². The van der Waals surface area contributed by atoms with Gasteiger partial charge in [-0.05, 0) is 54.0 Å². The molecule has 0 radical (unpaired) electrons. The highest BCUT2D eigenvalue weighted by atomic mass is 16.5. The summed E-state index contributed by atoms with van der Waals surface area (Å²) < 4.78 is 11.5. The largest absolute Gasteiger partial charge is 0.496 e. The van der Waals surface area contributed by atoms with Crippen molar-refractivity contribution in [3.63, 3.8) is 0 Å². The zero-order valence-electron chi connectivity index (χ0n) is 16.8. The quantitative estimate of drug-likeness (QED) is 0.463. The van der Waals surface area contributed by atoms with Crippen LogP contribution in [-0.4, -0.2) is 7.11 Å². The number of hydrogen-bond acceptors (Lipinski definition) is 3. The van der Waals surface area contributed by atoms with Gasteiger partial charge < -0.3 is 9.15 Å². The predicted octanol–water partition coefficient (Wildman–Crippen LogP) is 6.47. The van der Waals surface area contributed by atoms with Gasteiger partial charge in [0, 0.05) is 0 Å². The van der Waals surface area contributed by atoms with E-state index in [0.29, 0.717) is 11.1 Å². The molecule has 0 aliphatic heterocycles. The Balaban J connectivity index is 1.87. The molecule has 1 saturated carbocycles. The molecule has 1 aliphatic carbocycles. The fourth-order valence-corrected chi connectivity index (χ4v) is 4.73. The first kappa shape index (κ1) is 18.8. The molecular weight excluding hydrogens is 348 g/mol. The van der Waals surface area contributed by atoms with Gasteiger partial charge >= 0.3 is 5.63 Å². The van der Waals surface area contributed by atoms with E-state index in [1.54, 1.807) is 7.11 Å². The van der Waals surface area contributed by atoms with Crippen molar-refractivity contribution in [2.75, 3.05) is 7.11 Å². The van der Waals surface area contributed by atoms with E-state index in [0.717, 1.165) is 16.7 Å². The number of benzene rings is 2. The van der Waals surface area contributed by atoms with Crippen LogP contribution in [0.1, 0.15) is 57.4 Å². The lowest BCUT2D eigenvalue weighted by Crippen LogP contribution is -2.22. The van der Waals surface area contributed by atoms with Crippen molar-refractivity contribution in [1.82, 2.24) is 0 Å². The Morgan fingerprint density at radius 2 is 1.82 bits per heavy atom. The van der Waals surface area contributed by atoms with Gasteiger partial charge in [0.2, 0.25) is 0 Å². The van der Waals surface area contributed by atoms with Crippen molar-refractivity contribution < 1.29 is 9.15 Å². The zero-order valence-corrected chi connectivity index (χ0v) is 16.8. The molecule has 3 heteroatoms. The monoisotopic (exact) mass is 376 g/mol. The molecule has 4 rings (SSSR count). The summed E-state index contributed by atoms with van der Waals surface area (Å²) in [7, 11) is 1.69. The van der Waals surface area contributed by atoms with Crippen molar-refractivity contribution in [1.29, 1.82) is 0 Å². The average molecular weight is 376 g/mol. The molecule has 0 spiro atoms. The molecule has 0 unspecified atom stereocenters. The van der Waals surface area contributed by atoms with E-state index >= 15 is 0 Å². The van der Waals surface area contributed by atoms with Crippen molar-refractivity contribution in [3.05, 3.63) is 64.5 Å². The van der Waals surface area contributed by atoms with E-state index < -0.39 is 0 Å². The van der Waals surface area contributed by atoms with Crippen LogP contribution in [0.2, 0.25) is 0 Å². The molecule has 1 aromatic heterocycles. The Morgan fingerprint density at radius 1 is 1.07 bits per heavy atom. The Kier molecular flexibility index (Phi) is 5.25. The van der Waals surface area contributed by atoms with Crippen LogP contribution in [0.15, 0.2) is 57.7 Å². The Labute approximate surface area is 166 Å². The topological polar surface area (TPSA) is 39.4 Å². The number of rotatable bonds is 6. The second kappa shape index (κ2) is 7.83. The van der Waals surface area contributed by atoms with Crippen molar-refractivity contribution >= 4 is 11.0 Å². The van der Waals surface area contributed by atoms with E-state index in [1.165, 1.54) is 50.5 Å². The third-order valence-electron chi connectivity index (χ3n) is 6.30. The van der Waals surface area contributed by atoms with E-state index in [9.17, 15) is 4.79 Å². The fraction of sp³-hybridized carbons (Fsp3) is 0.400. The second-order valence-corrected chi connectivity index (χ2v) is 7.99. The highest BCUT2D eigenvalue weighted by molar-refractivity contribution is 5.88. The number of hydrogen-bond donors (Lipinski definition) is 0. The standard InChI is InChI=1S/C25H28O3/c1-3-4-12-25(13-8-9-14-25)19-15-22(27-2)21-17-20(18-10-6-5-7-11-18)24(26)28-23(21)16-19/h5-7,10-11,15-17H,3-4,8-9,12-14H2,1-2H3. The first-order valence-corrected chi connectivity index (χ1v) is 10.4. The third kappa shape index (κ3) is 3.34. The summed E-state index contributed by atoms with van der Waals surface area (Å²) in [4.78, 5) is 12.7. The van der Waals surface area contributed by atoms with Crippen LogP contribution in [-0.2, 0) is 5.41 Å². The maximum absolute atomic E-state index is 12.7. The van der Waals surface area contributed by atoms with Crippen LogP contribution < -0.4 is 10.4 Å². The molecule has 0 saturated heterocycles. The summed E-state index contributed by atoms with van der Waals surface area (Å²) in [6.07, 6.45) is 8.54. The number of methoxy groups -OCH3 is 1. The first-order valence-electron chi connectivity index (χ1n) is 10.4. The molecule has 2 aromatic carbocycles. The van der Waals surface area contributed by atoms with Gasteiger partial charge in [-0.15, -0.1) is 0 Å². The normalized spacial score (nSPS) is 15.8. The van der Waals surface area contributed by atoms with Crippen LogP contribution in [0.3, 0.4) is 0 Å². The maximum Gasteiger partial charge on any atom is 0.344 e. The van der Waals surface area contributed by atoms with Crippen LogP contribution in [0.25, 0.3) is 22.1 Å². The van der Waals surface area contributed by atoms with Gasteiger partial charge in [-0.2, -0.15) is 0 Å². The number of fused-ring (bicyclic) bond motifs is 1. The highest BCUT2D eigenvalue weighted by Gasteiger charge is 2.35. The zero-order chi connectivity index (χ0) is 19.6. The van der Waals surface area contributed by atoms with Gasteiger partial charge in [0.1, 0.15) is 11.3 Å². The summed E-state index contributed by atoms with van der Waals surface area (Å²) in [6.45, 7) is 2.24. The van der Waals surface area contributed by atoms with Gasteiger partial charge in [0.15, 0.2) is 0 Å². The first-order chi connectivity index (χ1) is 13.7.